The van der Waals surface area contributed by atoms with Crippen LogP contribution in [0.3, 0.4) is 0 Å². The monoisotopic (exact) mass is 522 g/mol. The Bertz CT molecular complexity index is 1570. The molecule has 0 N–H and O–H groups in total. The zero-order valence-electron chi connectivity index (χ0n) is 20.9. The van der Waals surface area contributed by atoms with Gasteiger partial charge in [0.05, 0.1) is 41.8 Å². The van der Waals surface area contributed by atoms with Gasteiger partial charge in [-0.3, -0.25) is 9.36 Å². The van der Waals surface area contributed by atoms with Crippen LogP contribution in [0.2, 0.25) is 0 Å². The first-order chi connectivity index (χ1) is 17.8. The molecule has 2 unspecified atom stereocenters. The van der Waals surface area contributed by atoms with Crippen LogP contribution in [-0.4, -0.2) is 53.0 Å². The van der Waals surface area contributed by atoms with Crippen molar-refractivity contribution in [1.82, 2.24) is 19.3 Å². The maximum atomic E-state index is 13.7. The average molecular weight is 523 g/mol. The standard InChI is InChI=1S/C27H30N4O5S/c1-3-35-22-8-6-7-20(13-22)25(17-37(2,33)34)30-18-28-24-11-10-19(14-23(24)27(30)32)21-15-29-31(16-21)26-9-4-5-12-36-26/h6-8,10-11,13-16,18,25-26H,3-5,9,12,17H2,1-2H3. The second-order valence-corrected chi connectivity index (χ2v) is 11.5. The summed E-state index contributed by atoms with van der Waals surface area (Å²) in [6.45, 7) is 3.08. The maximum Gasteiger partial charge on any atom is 0.261 e. The molecule has 5 rings (SSSR count). The average Bonchev–Trinajstić information content (AvgIpc) is 3.39. The predicted molar refractivity (Wildman–Crippen MR) is 142 cm³/mol. The molecule has 0 spiro atoms. The van der Waals surface area contributed by atoms with Crippen LogP contribution in [0.25, 0.3) is 22.0 Å². The maximum absolute atomic E-state index is 13.7. The van der Waals surface area contributed by atoms with Crippen molar-refractivity contribution in [2.75, 3.05) is 25.2 Å². The molecular weight excluding hydrogens is 492 g/mol. The molecule has 37 heavy (non-hydrogen) atoms. The van der Waals surface area contributed by atoms with E-state index in [0.717, 1.165) is 43.3 Å². The summed E-state index contributed by atoms with van der Waals surface area (Å²) in [5.74, 6) is 0.366. The second kappa shape index (κ2) is 10.5. The van der Waals surface area contributed by atoms with Crippen LogP contribution < -0.4 is 10.3 Å². The zero-order chi connectivity index (χ0) is 26.0. The lowest BCUT2D eigenvalue weighted by Crippen LogP contribution is -2.30. The summed E-state index contributed by atoms with van der Waals surface area (Å²) in [7, 11) is -3.43. The first kappa shape index (κ1) is 25.2. The van der Waals surface area contributed by atoms with Gasteiger partial charge in [-0.1, -0.05) is 18.2 Å². The molecule has 0 aliphatic carbocycles. The van der Waals surface area contributed by atoms with Gasteiger partial charge in [0.1, 0.15) is 21.8 Å². The zero-order valence-corrected chi connectivity index (χ0v) is 21.7. The van der Waals surface area contributed by atoms with E-state index >= 15 is 0 Å². The molecule has 1 aliphatic rings. The van der Waals surface area contributed by atoms with E-state index in [1.807, 2.05) is 23.9 Å². The molecule has 1 aliphatic heterocycles. The van der Waals surface area contributed by atoms with Crippen LogP contribution >= 0.6 is 0 Å². The number of fused-ring (bicyclic) bond motifs is 1. The topological polar surface area (TPSA) is 105 Å². The van der Waals surface area contributed by atoms with Crippen molar-refractivity contribution in [2.24, 2.45) is 0 Å². The summed E-state index contributed by atoms with van der Waals surface area (Å²) in [5, 5.41) is 4.89. The van der Waals surface area contributed by atoms with Gasteiger partial charge < -0.3 is 9.47 Å². The van der Waals surface area contributed by atoms with Gasteiger partial charge in [0.15, 0.2) is 0 Å². The number of hydrogen-bond donors (Lipinski definition) is 0. The van der Waals surface area contributed by atoms with E-state index in [4.69, 9.17) is 9.47 Å². The van der Waals surface area contributed by atoms with Crippen molar-refractivity contribution < 1.29 is 17.9 Å². The van der Waals surface area contributed by atoms with E-state index < -0.39 is 15.9 Å². The van der Waals surface area contributed by atoms with Gasteiger partial charge in [-0.2, -0.15) is 5.10 Å². The number of sulfone groups is 1. The van der Waals surface area contributed by atoms with Crippen molar-refractivity contribution >= 4 is 20.7 Å². The third-order valence-electron chi connectivity index (χ3n) is 6.52. The number of ether oxygens (including phenoxy) is 2. The van der Waals surface area contributed by atoms with Gasteiger partial charge >= 0.3 is 0 Å². The molecule has 4 aromatic rings. The summed E-state index contributed by atoms with van der Waals surface area (Å²) < 4.78 is 39.4. The largest absolute Gasteiger partial charge is 0.494 e. The molecule has 2 aromatic carbocycles. The molecular formula is C27H30N4O5S. The Morgan fingerprint density at radius 1 is 1.16 bits per heavy atom. The summed E-state index contributed by atoms with van der Waals surface area (Å²) >= 11 is 0. The molecule has 1 saturated heterocycles. The fraction of sp³-hybridized carbons (Fsp3) is 0.370. The lowest BCUT2D eigenvalue weighted by molar-refractivity contribution is -0.0394. The molecule has 0 saturated carbocycles. The Morgan fingerprint density at radius 3 is 2.78 bits per heavy atom. The summed E-state index contributed by atoms with van der Waals surface area (Å²) in [4.78, 5) is 18.2. The van der Waals surface area contributed by atoms with Crippen LogP contribution in [0.1, 0.15) is 44.0 Å². The molecule has 0 bridgehead atoms. The van der Waals surface area contributed by atoms with E-state index in [9.17, 15) is 13.2 Å². The highest BCUT2D eigenvalue weighted by atomic mass is 32.2. The Morgan fingerprint density at radius 2 is 2.03 bits per heavy atom. The van der Waals surface area contributed by atoms with E-state index in [-0.39, 0.29) is 17.5 Å². The molecule has 10 heteroatoms. The molecule has 0 radical (unpaired) electrons. The van der Waals surface area contributed by atoms with E-state index in [2.05, 4.69) is 10.1 Å². The lowest BCUT2D eigenvalue weighted by Gasteiger charge is -2.22. The van der Waals surface area contributed by atoms with Crippen molar-refractivity contribution in [3.05, 3.63) is 77.1 Å². The molecule has 194 valence electrons. The van der Waals surface area contributed by atoms with Crippen LogP contribution in [0.4, 0.5) is 0 Å². The Kier molecular flexibility index (Phi) is 7.12. The van der Waals surface area contributed by atoms with Crippen molar-refractivity contribution in [3.63, 3.8) is 0 Å². The second-order valence-electron chi connectivity index (χ2n) is 9.33. The van der Waals surface area contributed by atoms with Crippen LogP contribution in [0.15, 0.2) is 66.0 Å². The number of aromatic nitrogens is 4. The minimum Gasteiger partial charge on any atom is -0.494 e. The van der Waals surface area contributed by atoms with Gasteiger partial charge in [0.25, 0.3) is 5.56 Å². The molecule has 1 fully saturated rings. The van der Waals surface area contributed by atoms with Crippen LogP contribution in [0.5, 0.6) is 5.75 Å². The normalized spacial score (nSPS) is 17.1. The lowest BCUT2D eigenvalue weighted by atomic mass is 10.1. The molecule has 3 heterocycles. The molecule has 0 amide bonds. The van der Waals surface area contributed by atoms with Gasteiger partial charge in [-0.15, -0.1) is 0 Å². The first-order valence-electron chi connectivity index (χ1n) is 12.4. The van der Waals surface area contributed by atoms with Crippen LogP contribution in [-0.2, 0) is 14.6 Å². The predicted octanol–water partition coefficient (Wildman–Crippen LogP) is 3.99. The fourth-order valence-electron chi connectivity index (χ4n) is 4.72. The van der Waals surface area contributed by atoms with Gasteiger partial charge in [-0.05, 0) is 61.6 Å². The van der Waals surface area contributed by atoms with Gasteiger partial charge in [0, 0.05) is 24.6 Å². The minimum absolute atomic E-state index is 0.0777. The van der Waals surface area contributed by atoms with E-state index in [0.29, 0.717) is 28.8 Å². The summed E-state index contributed by atoms with van der Waals surface area (Å²) in [6, 6.07) is 11.9. The molecule has 2 aromatic heterocycles. The van der Waals surface area contributed by atoms with Crippen LogP contribution in [0, 0.1) is 0 Å². The number of rotatable bonds is 8. The van der Waals surface area contributed by atoms with Gasteiger partial charge in [0.2, 0.25) is 0 Å². The van der Waals surface area contributed by atoms with E-state index in [1.54, 1.807) is 42.6 Å². The molecule has 2 atom stereocenters. The minimum atomic E-state index is -3.43. The molecule has 9 nitrogen and oxygen atoms in total. The summed E-state index contributed by atoms with van der Waals surface area (Å²) in [5.41, 5.74) is 2.57. The fourth-order valence-corrected chi connectivity index (χ4v) is 5.64. The Balaban J connectivity index is 1.56. The smallest absolute Gasteiger partial charge is 0.261 e. The highest BCUT2D eigenvalue weighted by molar-refractivity contribution is 7.90. The number of benzene rings is 2. The highest BCUT2D eigenvalue weighted by Gasteiger charge is 2.23. The summed E-state index contributed by atoms with van der Waals surface area (Å²) in [6.07, 6.45) is 9.28. The van der Waals surface area contributed by atoms with Gasteiger partial charge in [-0.25, -0.2) is 18.1 Å². The number of nitrogens with zero attached hydrogens (tertiary/aromatic N) is 4. The van der Waals surface area contributed by atoms with Crippen molar-refractivity contribution in [3.8, 4) is 16.9 Å². The number of hydrogen-bond acceptors (Lipinski definition) is 7. The van der Waals surface area contributed by atoms with E-state index in [1.165, 1.54) is 10.9 Å². The first-order valence-corrected chi connectivity index (χ1v) is 14.5. The SMILES string of the molecule is CCOc1cccc(C(CS(C)(=O)=O)n2cnc3ccc(-c4cnn(C5CCCCO5)c4)cc3c2=O)c1. The quantitative estimate of drug-likeness (QED) is 0.344. The Labute approximate surface area is 215 Å². The Hall–Kier alpha value is -3.50. The van der Waals surface area contributed by atoms with Crippen molar-refractivity contribution in [1.29, 1.82) is 0 Å². The highest BCUT2D eigenvalue weighted by Crippen LogP contribution is 2.28. The third kappa shape index (κ3) is 5.60. The third-order valence-corrected chi connectivity index (χ3v) is 7.44. The van der Waals surface area contributed by atoms with Crippen molar-refractivity contribution in [2.45, 2.75) is 38.5 Å².